The first kappa shape index (κ1) is 23.7. The van der Waals surface area contributed by atoms with Crippen LogP contribution in [0.25, 0.3) is 0 Å². The van der Waals surface area contributed by atoms with E-state index in [1.807, 2.05) is 31.2 Å². The molecule has 0 saturated carbocycles. The van der Waals surface area contributed by atoms with Crippen molar-refractivity contribution in [3.8, 4) is 0 Å². The van der Waals surface area contributed by atoms with Gasteiger partial charge in [0, 0.05) is 33.2 Å². The Morgan fingerprint density at radius 1 is 1.16 bits per heavy atom. The van der Waals surface area contributed by atoms with Crippen molar-refractivity contribution in [1.29, 1.82) is 0 Å². The molecule has 2 heterocycles. The van der Waals surface area contributed by atoms with E-state index in [-0.39, 0.29) is 49.4 Å². The fourth-order valence-corrected chi connectivity index (χ4v) is 4.00. The van der Waals surface area contributed by atoms with Crippen LogP contribution in [0.2, 0.25) is 0 Å². The van der Waals surface area contributed by atoms with Crippen molar-refractivity contribution in [1.82, 2.24) is 19.1 Å². The van der Waals surface area contributed by atoms with Crippen LogP contribution in [0.15, 0.2) is 41.2 Å². The second-order valence-corrected chi connectivity index (χ2v) is 10.2. The number of hydrogen-bond acceptors (Lipinski definition) is 5. The fourth-order valence-electron chi connectivity index (χ4n) is 3.59. The second-order valence-electron chi connectivity index (χ2n) is 8.16. The molecular formula is C22H28N4O5S. The van der Waals surface area contributed by atoms with Gasteiger partial charge in [-0.05, 0) is 31.5 Å². The van der Waals surface area contributed by atoms with Crippen molar-refractivity contribution in [2.24, 2.45) is 0 Å². The van der Waals surface area contributed by atoms with E-state index in [1.54, 1.807) is 6.92 Å². The molecule has 32 heavy (non-hydrogen) atoms. The summed E-state index contributed by atoms with van der Waals surface area (Å²) in [5, 5.41) is 2.75. The Kier molecular flexibility index (Phi) is 6.85. The fraction of sp³-hybridized carbons (Fsp3) is 0.409. The summed E-state index contributed by atoms with van der Waals surface area (Å²) in [4.78, 5) is 40.1. The quantitative estimate of drug-likeness (QED) is 0.663. The maximum absolute atomic E-state index is 13.0. The minimum Gasteiger partial charge on any atom is -0.348 e. The molecular weight excluding hydrogens is 432 g/mol. The van der Waals surface area contributed by atoms with E-state index in [0.717, 1.165) is 17.4 Å². The molecule has 0 aliphatic carbocycles. The Balaban J connectivity index is 1.76. The predicted octanol–water partition coefficient (Wildman–Crippen LogP) is 0.995. The standard InChI is InChI=1S/C22H28N4O5S/c1-15-5-7-17(8-6-15)13-23-20(27)18-9-10-19-22(29)25(12-11-24(3)32(4,30)31)14-16(2)26(19)21(18)28/h5-10,16H,11-14H2,1-4H3,(H,23,27). The van der Waals surface area contributed by atoms with E-state index >= 15 is 0 Å². The van der Waals surface area contributed by atoms with Crippen LogP contribution in [-0.2, 0) is 16.6 Å². The number of rotatable bonds is 7. The third kappa shape index (κ3) is 5.08. The van der Waals surface area contributed by atoms with Gasteiger partial charge in [-0.25, -0.2) is 12.7 Å². The molecule has 0 spiro atoms. The van der Waals surface area contributed by atoms with E-state index in [4.69, 9.17) is 0 Å². The maximum atomic E-state index is 13.0. The van der Waals surface area contributed by atoms with Crippen LogP contribution in [0.1, 0.15) is 44.9 Å². The Labute approximate surface area is 187 Å². The summed E-state index contributed by atoms with van der Waals surface area (Å²) in [7, 11) is -1.90. The Bertz CT molecular complexity index is 1190. The van der Waals surface area contributed by atoms with Crippen LogP contribution >= 0.6 is 0 Å². The van der Waals surface area contributed by atoms with E-state index in [1.165, 1.54) is 33.0 Å². The zero-order chi connectivity index (χ0) is 23.6. The lowest BCUT2D eigenvalue weighted by molar-refractivity contribution is 0.0663. The minimum absolute atomic E-state index is 0.0224. The molecule has 3 rings (SSSR count). The number of carbonyl (C=O) groups is 2. The van der Waals surface area contributed by atoms with Gasteiger partial charge in [0.25, 0.3) is 17.4 Å². The number of benzene rings is 1. The molecule has 2 amide bonds. The smallest absolute Gasteiger partial charge is 0.270 e. The molecule has 1 aliphatic heterocycles. The molecule has 2 aromatic rings. The molecule has 9 nitrogen and oxygen atoms in total. The van der Waals surface area contributed by atoms with Gasteiger partial charge < -0.3 is 10.2 Å². The second kappa shape index (κ2) is 9.25. The zero-order valence-corrected chi connectivity index (χ0v) is 19.5. The van der Waals surface area contributed by atoms with Gasteiger partial charge in [0.15, 0.2) is 0 Å². The first-order chi connectivity index (χ1) is 15.0. The number of nitrogens with zero attached hydrogens (tertiary/aromatic N) is 3. The van der Waals surface area contributed by atoms with Crippen LogP contribution in [0.4, 0.5) is 0 Å². The van der Waals surface area contributed by atoms with Crippen molar-refractivity contribution < 1.29 is 18.0 Å². The van der Waals surface area contributed by atoms with E-state index in [9.17, 15) is 22.8 Å². The Morgan fingerprint density at radius 2 is 1.81 bits per heavy atom. The SMILES string of the molecule is Cc1ccc(CNC(=O)c2ccc3n(c2=O)C(C)CN(CCN(C)S(C)(=O)=O)C3=O)cc1. The number of carbonyl (C=O) groups excluding carboxylic acids is 2. The van der Waals surface area contributed by atoms with Gasteiger partial charge in [0.1, 0.15) is 11.3 Å². The molecule has 0 radical (unpaired) electrons. The number of sulfonamides is 1. The zero-order valence-electron chi connectivity index (χ0n) is 18.7. The highest BCUT2D eigenvalue weighted by atomic mass is 32.2. The van der Waals surface area contributed by atoms with Crippen LogP contribution < -0.4 is 10.9 Å². The average Bonchev–Trinajstić information content (AvgIpc) is 2.73. The van der Waals surface area contributed by atoms with Crippen molar-refractivity contribution >= 4 is 21.8 Å². The number of aryl methyl sites for hydroxylation is 1. The van der Waals surface area contributed by atoms with Gasteiger partial charge in [-0.15, -0.1) is 0 Å². The van der Waals surface area contributed by atoms with Crippen LogP contribution in [-0.4, -0.2) is 66.9 Å². The summed E-state index contributed by atoms with van der Waals surface area (Å²) in [6.45, 7) is 4.66. The van der Waals surface area contributed by atoms with Gasteiger partial charge in [0.2, 0.25) is 10.0 Å². The molecule has 0 saturated heterocycles. The van der Waals surface area contributed by atoms with Crippen LogP contribution in [0, 0.1) is 6.92 Å². The monoisotopic (exact) mass is 460 g/mol. The molecule has 1 aromatic heterocycles. The summed E-state index contributed by atoms with van der Waals surface area (Å²) in [5.41, 5.74) is 1.68. The highest BCUT2D eigenvalue weighted by Gasteiger charge is 2.31. The van der Waals surface area contributed by atoms with Crippen molar-refractivity contribution in [3.05, 3.63) is 69.1 Å². The maximum Gasteiger partial charge on any atom is 0.270 e. The minimum atomic E-state index is -3.35. The number of amides is 2. The molecule has 1 N–H and O–H groups in total. The summed E-state index contributed by atoms with van der Waals surface area (Å²) >= 11 is 0. The molecule has 1 unspecified atom stereocenters. The number of pyridine rings is 1. The van der Waals surface area contributed by atoms with Gasteiger partial charge in [-0.3, -0.25) is 19.0 Å². The summed E-state index contributed by atoms with van der Waals surface area (Å²) in [6.07, 6.45) is 1.11. The van der Waals surface area contributed by atoms with Crippen molar-refractivity contribution in [2.45, 2.75) is 26.4 Å². The largest absolute Gasteiger partial charge is 0.348 e. The van der Waals surface area contributed by atoms with Gasteiger partial charge in [0.05, 0.1) is 12.3 Å². The van der Waals surface area contributed by atoms with Crippen LogP contribution in [0.3, 0.4) is 0 Å². The first-order valence-electron chi connectivity index (χ1n) is 10.3. The number of likely N-dealkylation sites (N-methyl/N-ethyl adjacent to an activating group) is 1. The third-order valence-corrected chi connectivity index (χ3v) is 6.93. The van der Waals surface area contributed by atoms with E-state index < -0.39 is 21.5 Å². The average molecular weight is 461 g/mol. The Hall–Kier alpha value is -2.98. The lowest BCUT2D eigenvalue weighted by atomic mass is 10.1. The molecule has 0 bridgehead atoms. The van der Waals surface area contributed by atoms with Crippen molar-refractivity contribution in [3.63, 3.8) is 0 Å². The third-order valence-electron chi connectivity index (χ3n) is 5.62. The molecule has 10 heteroatoms. The van der Waals surface area contributed by atoms with E-state index in [2.05, 4.69) is 5.32 Å². The lowest BCUT2D eigenvalue weighted by Crippen LogP contribution is -2.49. The topological polar surface area (TPSA) is 109 Å². The molecule has 172 valence electrons. The number of fused-ring (bicyclic) bond motifs is 1. The summed E-state index contributed by atoms with van der Waals surface area (Å²) in [5.74, 6) is -0.864. The Morgan fingerprint density at radius 3 is 2.44 bits per heavy atom. The normalized spacial score (nSPS) is 16.2. The van der Waals surface area contributed by atoms with Gasteiger partial charge in [-0.1, -0.05) is 29.8 Å². The molecule has 1 atom stereocenters. The molecule has 1 aliphatic rings. The number of nitrogens with one attached hydrogen (secondary N) is 1. The highest BCUT2D eigenvalue weighted by Crippen LogP contribution is 2.19. The van der Waals surface area contributed by atoms with Crippen molar-refractivity contribution in [2.75, 3.05) is 32.9 Å². The number of hydrogen-bond donors (Lipinski definition) is 1. The summed E-state index contributed by atoms with van der Waals surface area (Å²) in [6, 6.07) is 10.2. The number of aromatic nitrogens is 1. The predicted molar refractivity (Wildman–Crippen MR) is 121 cm³/mol. The van der Waals surface area contributed by atoms with Gasteiger partial charge in [-0.2, -0.15) is 0 Å². The van der Waals surface area contributed by atoms with E-state index in [0.29, 0.717) is 0 Å². The lowest BCUT2D eigenvalue weighted by Gasteiger charge is -2.34. The summed E-state index contributed by atoms with van der Waals surface area (Å²) < 4.78 is 25.7. The molecule has 0 fully saturated rings. The highest BCUT2D eigenvalue weighted by molar-refractivity contribution is 7.88. The van der Waals surface area contributed by atoms with Gasteiger partial charge >= 0.3 is 0 Å². The molecule has 1 aromatic carbocycles. The first-order valence-corrected chi connectivity index (χ1v) is 12.1. The van der Waals surface area contributed by atoms with Crippen LogP contribution in [0.5, 0.6) is 0 Å².